The van der Waals surface area contributed by atoms with Crippen LogP contribution in [-0.2, 0) is 9.53 Å². The molecule has 0 amide bonds. The van der Waals surface area contributed by atoms with Crippen LogP contribution in [0.4, 0.5) is 0 Å². The molecule has 2 aromatic rings. The Bertz CT molecular complexity index is 681. The molecule has 2 rings (SSSR count). The summed E-state index contributed by atoms with van der Waals surface area (Å²) < 4.78 is 10.5. The Balaban J connectivity index is 1.99. The third-order valence-electron chi connectivity index (χ3n) is 2.71. The van der Waals surface area contributed by atoms with Gasteiger partial charge in [-0.2, -0.15) is 0 Å². The lowest BCUT2D eigenvalue weighted by molar-refractivity contribution is -0.166. The summed E-state index contributed by atoms with van der Waals surface area (Å²) in [6, 6.07) is 8.73. The van der Waals surface area contributed by atoms with E-state index < -0.39 is 17.7 Å². The minimum Gasteiger partial charge on any atom is -0.490 e. The highest BCUT2D eigenvalue weighted by molar-refractivity contribution is 6.29. The van der Waals surface area contributed by atoms with Crippen LogP contribution in [0.3, 0.4) is 0 Å². The first kappa shape index (κ1) is 16.5. The first-order valence-corrected chi connectivity index (χ1v) is 7.22. The van der Waals surface area contributed by atoms with Gasteiger partial charge in [0.05, 0.1) is 5.52 Å². The van der Waals surface area contributed by atoms with E-state index in [9.17, 15) is 9.90 Å². The van der Waals surface area contributed by atoms with Crippen LogP contribution in [0.15, 0.2) is 30.3 Å². The zero-order valence-electron chi connectivity index (χ0n) is 12.7. The van der Waals surface area contributed by atoms with Gasteiger partial charge in [-0.1, -0.05) is 11.6 Å². The van der Waals surface area contributed by atoms with Crippen molar-refractivity contribution in [3.63, 3.8) is 0 Å². The Labute approximate surface area is 133 Å². The number of aromatic nitrogens is 1. The number of hydrogen-bond acceptors (Lipinski definition) is 5. The molecule has 0 saturated heterocycles. The smallest absolute Gasteiger partial charge is 0.339 e. The molecule has 5 nitrogen and oxygen atoms in total. The molecule has 118 valence electrons. The number of pyridine rings is 1. The number of halogens is 1. The van der Waals surface area contributed by atoms with E-state index in [1.807, 2.05) is 6.07 Å². The normalized spacial score (nSPS) is 13.0. The standard InChI is InChI=1S/C16H18ClNO4/c1-16(2,3)22-15(20)13(19)9-21-11-5-6-12-10(8-11)4-7-14(17)18-12/h4-8,13,19H,9H2,1-3H3. The molecule has 1 unspecified atom stereocenters. The minimum absolute atomic E-state index is 0.179. The van der Waals surface area contributed by atoms with E-state index in [0.29, 0.717) is 10.9 Å². The zero-order valence-corrected chi connectivity index (χ0v) is 13.4. The first-order valence-electron chi connectivity index (χ1n) is 6.85. The number of carbonyl (C=O) groups is 1. The summed E-state index contributed by atoms with van der Waals surface area (Å²) in [5.74, 6) is -0.180. The molecule has 0 spiro atoms. The molecule has 1 aromatic heterocycles. The molecule has 6 heteroatoms. The number of benzene rings is 1. The highest BCUT2D eigenvalue weighted by atomic mass is 35.5. The molecule has 0 bridgehead atoms. The fourth-order valence-corrected chi connectivity index (χ4v) is 1.94. The van der Waals surface area contributed by atoms with Gasteiger partial charge in [-0.15, -0.1) is 0 Å². The molecule has 1 atom stereocenters. The molecule has 1 aromatic carbocycles. The van der Waals surface area contributed by atoms with Crippen molar-refractivity contribution in [1.29, 1.82) is 0 Å². The van der Waals surface area contributed by atoms with Crippen molar-refractivity contribution in [2.75, 3.05) is 6.61 Å². The van der Waals surface area contributed by atoms with Crippen LogP contribution in [0.25, 0.3) is 10.9 Å². The van der Waals surface area contributed by atoms with Crippen LogP contribution >= 0.6 is 11.6 Å². The van der Waals surface area contributed by atoms with Gasteiger partial charge in [0.15, 0.2) is 6.10 Å². The molecule has 0 aliphatic carbocycles. The lowest BCUT2D eigenvalue weighted by Gasteiger charge is -2.21. The number of fused-ring (bicyclic) bond motifs is 1. The fraction of sp³-hybridized carbons (Fsp3) is 0.375. The number of ether oxygens (including phenoxy) is 2. The summed E-state index contributed by atoms with van der Waals surface area (Å²) >= 11 is 5.82. The monoisotopic (exact) mass is 323 g/mol. The second-order valence-corrected chi connectivity index (χ2v) is 6.24. The average molecular weight is 324 g/mol. The van der Waals surface area contributed by atoms with E-state index in [1.54, 1.807) is 45.0 Å². The van der Waals surface area contributed by atoms with E-state index in [2.05, 4.69) is 4.98 Å². The maximum atomic E-state index is 11.7. The molecule has 0 saturated carbocycles. The van der Waals surface area contributed by atoms with E-state index in [4.69, 9.17) is 21.1 Å². The lowest BCUT2D eigenvalue weighted by Crippen LogP contribution is -2.35. The predicted molar refractivity (Wildman–Crippen MR) is 84.1 cm³/mol. The topological polar surface area (TPSA) is 68.7 Å². The van der Waals surface area contributed by atoms with Gasteiger partial charge in [-0.3, -0.25) is 0 Å². The van der Waals surface area contributed by atoms with Crippen LogP contribution < -0.4 is 4.74 Å². The van der Waals surface area contributed by atoms with Crippen molar-refractivity contribution >= 4 is 28.5 Å². The van der Waals surface area contributed by atoms with Crippen molar-refractivity contribution in [2.45, 2.75) is 32.5 Å². The van der Waals surface area contributed by atoms with E-state index in [0.717, 1.165) is 10.9 Å². The largest absolute Gasteiger partial charge is 0.490 e. The number of esters is 1. The average Bonchev–Trinajstić information content (AvgIpc) is 2.42. The van der Waals surface area contributed by atoms with E-state index in [-0.39, 0.29) is 6.61 Å². The third-order valence-corrected chi connectivity index (χ3v) is 2.92. The summed E-state index contributed by atoms with van der Waals surface area (Å²) in [4.78, 5) is 15.8. The van der Waals surface area contributed by atoms with E-state index >= 15 is 0 Å². The van der Waals surface area contributed by atoms with Gasteiger partial charge < -0.3 is 14.6 Å². The number of rotatable bonds is 4. The molecule has 1 N–H and O–H groups in total. The second-order valence-electron chi connectivity index (χ2n) is 5.85. The van der Waals surface area contributed by atoms with Crippen LogP contribution in [0.5, 0.6) is 5.75 Å². The Kier molecular flexibility index (Phi) is 4.88. The van der Waals surface area contributed by atoms with Crippen molar-refractivity contribution in [3.8, 4) is 5.75 Å². The summed E-state index contributed by atoms with van der Waals surface area (Å²) in [6.45, 7) is 5.03. The first-order chi connectivity index (χ1) is 10.2. The number of aliphatic hydroxyl groups is 1. The number of aliphatic hydroxyl groups excluding tert-OH is 1. The summed E-state index contributed by atoms with van der Waals surface area (Å²) in [5, 5.41) is 11.0. The quantitative estimate of drug-likeness (QED) is 0.692. The van der Waals surface area contributed by atoms with Crippen molar-refractivity contribution in [3.05, 3.63) is 35.5 Å². The molecular weight excluding hydrogens is 306 g/mol. The Morgan fingerprint density at radius 1 is 1.32 bits per heavy atom. The van der Waals surface area contributed by atoms with Gasteiger partial charge in [0.25, 0.3) is 0 Å². The molecule has 1 heterocycles. The Morgan fingerprint density at radius 3 is 2.73 bits per heavy atom. The van der Waals surface area contributed by atoms with Crippen molar-refractivity contribution in [1.82, 2.24) is 4.98 Å². The van der Waals surface area contributed by atoms with Gasteiger partial charge in [0, 0.05) is 5.39 Å². The molecule has 0 aliphatic heterocycles. The van der Waals surface area contributed by atoms with Crippen LogP contribution in [0, 0.1) is 0 Å². The Hall–Kier alpha value is -1.85. The van der Waals surface area contributed by atoms with Crippen LogP contribution in [0.2, 0.25) is 5.15 Å². The van der Waals surface area contributed by atoms with Crippen molar-refractivity contribution < 1.29 is 19.4 Å². The Morgan fingerprint density at radius 2 is 2.05 bits per heavy atom. The molecular formula is C16H18ClNO4. The fourth-order valence-electron chi connectivity index (χ4n) is 1.78. The summed E-state index contributed by atoms with van der Waals surface area (Å²) in [6.07, 6.45) is -1.33. The number of hydrogen-bond donors (Lipinski definition) is 1. The highest BCUT2D eigenvalue weighted by Crippen LogP contribution is 2.21. The van der Waals surface area contributed by atoms with E-state index in [1.165, 1.54) is 0 Å². The molecule has 0 aliphatic rings. The maximum absolute atomic E-state index is 11.7. The minimum atomic E-state index is -1.33. The van der Waals surface area contributed by atoms with Crippen LogP contribution in [0.1, 0.15) is 20.8 Å². The molecule has 0 radical (unpaired) electrons. The van der Waals surface area contributed by atoms with Gasteiger partial charge in [-0.05, 0) is 51.1 Å². The predicted octanol–water partition coefficient (Wildman–Crippen LogP) is 2.97. The molecule has 22 heavy (non-hydrogen) atoms. The zero-order chi connectivity index (χ0) is 16.3. The van der Waals surface area contributed by atoms with Gasteiger partial charge in [0.1, 0.15) is 23.1 Å². The summed E-state index contributed by atoms with van der Waals surface area (Å²) in [5.41, 5.74) is 0.0962. The number of nitrogens with zero attached hydrogens (tertiary/aromatic N) is 1. The van der Waals surface area contributed by atoms with Crippen molar-refractivity contribution in [2.24, 2.45) is 0 Å². The van der Waals surface area contributed by atoms with Crippen LogP contribution in [-0.4, -0.2) is 34.4 Å². The lowest BCUT2D eigenvalue weighted by atomic mass is 10.2. The summed E-state index contributed by atoms with van der Waals surface area (Å²) in [7, 11) is 0. The maximum Gasteiger partial charge on any atom is 0.339 e. The van der Waals surface area contributed by atoms with Gasteiger partial charge in [-0.25, -0.2) is 9.78 Å². The third kappa shape index (κ3) is 4.58. The second kappa shape index (κ2) is 6.50. The van der Waals surface area contributed by atoms with Gasteiger partial charge >= 0.3 is 5.97 Å². The molecule has 0 fully saturated rings. The SMILES string of the molecule is CC(C)(C)OC(=O)C(O)COc1ccc2nc(Cl)ccc2c1. The highest BCUT2D eigenvalue weighted by Gasteiger charge is 2.23. The van der Waals surface area contributed by atoms with Gasteiger partial charge in [0.2, 0.25) is 0 Å². The number of carbonyl (C=O) groups excluding carboxylic acids is 1.